The van der Waals surface area contributed by atoms with E-state index in [1.807, 2.05) is 31.2 Å². The Bertz CT molecular complexity index is 450. The number of aliphatic hydroxyl groups excluding tert-OH is 1. The summed E-state index contributed by atoms with van der Waals surface area (Å²) >= 11 is 0. The molecule has 21 heavy (non-hydrogen) atoms. The Hall–Kier alpha value is -1.55. The van der Waals surface area contributed by atoms with Crippen molar-refractivity contribution < 1.29 is 14.6 Å². The van der Waals surface area contributed by atoms with Crippen molar-refractivity contribution in [3.63, 3.8) is 0 Å². The first kappa shape index (κ1) is 15.8. The lowest BCUT2D eigenvalue weighted by molar-refractivity contribution is -0.121. The van der Waals surface area contributed by atoms with Gasteiger partial charge in [0, 0.05) is 12.0 Å². The first-order valence-corrected chi connectivity index (χ1v) is 7.77. The molecule has 2 rings (SSSR count). The maximum absolute atomic E-state index is 12.0. The minimum Gasteiger partial charge on any atom is -0.494 e. The highest BCUT2D eigenvalue weighted by Gasteiger charge is 2.33. The number of hydrogen-bond acceptors (Lipinski definition) is 3. The molecule has 0 aromatic heterocycles. The number of nitrogens with one attached hydrogen (secondary N) is 1. The van der Waals surface area contributed by atoms with Gasteiger partial charge in [0.15, 0.2) is 0 Å². The quantitative estimate of drug-likeness (QED) is 0.810. The maximum Gasteiger partial charge on any atom is 0.224 e. The molecule has 0 unspecified atom stereocenters. The second-order valence-corrected chi connectivity index (χ2v) is 5.90. The average molecular weight is 291 g/mol. The first-order valence-electron chi connectivity index (χ1n) is 7.77. The Morgan fingerprint density at radius 2 is 1.95 bits per heavy atom. The molecule has 0 atom stereocenters. The molecule has 0 bridgehead atoms. The van der Waals surface area contributed by atoms with Crippen LogP contribution in [0.25, 0.3) is 0 Å². The van der Waals surface area contributed by atoms with Crippen molar-refractivity contribution in [2.24, 2.45) is 5.41 Å². The third kappa shape index (κ3) is 4.46. The predicted octanol–water partition coefficient (Wildman–Crippen LogP) is 2.30. The van der Waals surface area contributed by atoms with Gasteiger partial charge in [-0.15, -0.1) is 0 Å². The van der Waals surface area contributed by atoms with Crippen molar-refractivity contribution in [2.45, 2.75) is 39.0 Å². The molecule has 1 amide bonds. The SMILES string of the molecule is CCOc1ccc(CC(=O)NCC2(CO)CCCC2)cc1. The molecule has 0 heterocycles. The van der Waals surface area contributed by atoms with E-state index in [1.165, 1.54) is 0 Å². The highest BCUT2D eigenvalue weighted by molar-refractivity contribution is 5.78. The van der Waals surface area contributed by atoms with Crippen LogP contribution in [0.2, 0.25) is 0 Å². The lowest BCUT2D eigenvalue weighted by atomic mass is 9.87. The van der Waals surface area contributed by atoms with Crippen molar-refractivity contribution in [1.82, 2.24) is 5.32 Å². The standard InChI is InChI=1S/C17H25NO3/c1-2-21-15-7-5-14(6-8-15)11-16(20)18-12-17(13-19)9-3-4-10-17/h5-8,19H,2-4,9-13H2,1H3,(H,18,20). The molecule has 0 spiro atoms. The van der Waals surface area contributed by atoms with Gasteiger partial charge >= 0.3 is 0 Å². The number of hydrogen-bond donors (Lipinski definition) is 2. The number of carbonyl (C=O) groups excluding carboxylic acids is 1. The van der Waals surface area contributed by atoms with Crippen molar-refractivity contribution in [3.8, 4) is 5.75 Å². The topological polar surface area (TPSA) is 58.6 Å². The van der Waals surface area contributed by atoms with Crippen molar-refractivity contribution >= 4 is 5.91 Å². The second kappa shape index (κ2) is 7.46. The van der Waals surface area contributed by atoms with Gasteiger partial charge in [0.25, 0.3) is 0 Å². The van der Waals surface area contributed by atoms with Gasteiger partial charge in [-0.25, -0.2) is 0 Å². The van der Waals surface area contributed by atoms with Crippen LogP contribution in [0.3, 0.4) is 0 Å². The van der Waals surface area contributed by atoms with Crippen molar-refractivity contribution in [2.75, 3.05) is 19.8 Å². The zero-order valence-electron chi connectivity index (χ0n) is 12.7. The van der Waals surface area contributed by atoms with E-state index < -0.39 is 0 Å². The van der Waals surface area contributed by atoms with Gasteiger partial charge in [-0.1, -0.05) is 25.0 Å². The summed E-state index contributed by atoms with van der Waals surface area (Å²) in [4.78, 5) is 12.0. The molecule has 2 N–H and O–H groups in total. The van der Waals surface area contributed by atoms with Crippen LogP contribution >= 0.6 is 0 Å². The summed E-state index contributed by atoms with van der Waals surface area (Å²) in [6.07, 6.45) is 4.68. The summed E-state index contributed by atoms with van der Waals surface area (Å²) in [7, 11) is 0. The molecule has 1 aromatic rings. The predicted molar refractivity (Wildman–Crippen MR) is 82.3 cm³/mol. The highest BCUT2D eigenvalue weighted by Crippen LogP contribution is 2.36. The minimum atomic E-state index is -0.0888. The fourth-order valence-electron chi connectivity index (χ4n) is 2.92. The fraction of sp³-hybridized carbons (Fsp3) is 0.588. The van der Waals surface area contributed by atoms with Crippen molar-refractivity contribution in [1.29, 1.82) is 0 Å². The number of amides is 1. The van der Waals surface area contributed by atoms with Gasteiger partial charge in [0.2, 0.25) is 5.91 Å². The number of ether oxygens (including phenoxy) is 1. The lowest BCUT2D eigenvalue weighted by Crippen LogP contribution is -2.38. The van der Waals surface area contributed by atoms with E-state index >= 15 is 0 Å². The number of rotatable bonds is 7. The average Bonchev–Trinajstić information content (AvgIpc) is 2.97. The molecule has 0 radical (unpaired) electrons. The van der Waals surface area contributed by atoms with Crippen LogP contribution in [-0.4, -0.2) is 30.8 Å². The Labute approximate surface area is 126 Å². The molecule has 1 aliphatic carbocycles. The molecule has 116 valence electrons. The zero-order chi connectivity index (χ0) is 15.1. The van der Waals surface area contributed by atoms with E-state index in [9.17, 15) is 9.90 Å². The molecular formula is C17H25NO3. The van der Waals surface area contributed by atoms with Crippen molar-refractivity contribution in [3.05, 3.63) is 29.8 Å². The molecule has 1 fully saturated rings. The van der Waals surface area contributed by atoms with E-state index in [-0.39, 0.29) is 17.9 Å². The van der Waals surface area contributed by atoms with Gasteiger partial charge in [-0.2, -0.15) is 0 Å². The maximum atomic E-state index is 12.0. The molecule has 4 nitrogen and oxygen atoms in total. The third-order valence-corrected chi connectivity index (χ3v) is 4.26. The van der Waals surface area contributed by atoms with E-state index in [1.54, 1.807) is 0 Å². The summed E-state index contributed by atoms with van der Waals surface area (Å²) in [5.74, 6) is 0.839. The largest absolute Gasteiger partial charge is 0.494 e. The van der Waals surface area contributed by atoms with Gasteiger partial charge < -0.3 is 15.2 Å². The van der Waals surface area contributed by atoms with E-state index in [0.717, 1.165) is 37.0 Å². The Balaban J connectivity index is 1.81. The highest BCUT2D eigenvalue weighted by atomic mass is 16.5. The molecule has 1 saturated carbocycles. The molecule has 1 aromatic carbocycles. The fourth-order valence-corrected chi connectivity index (χ4v) is 2.92. The first-order chi connectivity index (χ1) is 10.2. The normalized spacial score (nSPS) is 16.7. The summed E-state index contributed by atoms with van der Waals surface area (Å²) in [6.45, 7) is 3.33. The lowest BCUT2D eigenvalue weighted by Gasteiger charge is -2.26. The van der Waals surface area contributed by atoms with Crippen LogP contribution in [0.15, 0.2) is 24.3 Å². The Kier molecular flexibility index (Phi) is 5.62. The summed E-state index contributed by atoms with van der Waals surface area (Å²) < 4.78 is 5.38. The van der Waals surface area contributed by atoms with Crippen LogP contribution in [0, 0.1) is 5.41 Å². The second-order valence-electron chi connectivity index (χ2n) is 5.90. The van der Waals surface area contributed by atoms with Crippen LogP contribution in [-0.2, 0) is 11.2 Å². The summed E-state index contributed by atoms with van der Waals surface area (Å²) in [5.41, 5.74) is 0.884. The van der Waals surface area contributed by atoms with Gasteiger partial charge in [0.05, 0.1) is 19.6 Å². The minimum absolute atomic E-state index is 0.0129. The van der Waals surface area contributed by atoms with Crippen LogP contribution in [0.1, 0.15) is 38.2 Å². The monoisotopic (exact) mass is 291 g/mol. The number of benzene rings is 1. The number of carbonyl (C=O) groups is 1. The van der Waals surface area contributed by atoms with Crippen LogP contribution < -0.4 is 10.1 Å². The Morgan fingerprint density at radius 1 is 1.29 bits per heavy atom. The van der Waals surface area contributed by atoms with Gasteiger partial charge in [-0.05, 0) is 37.5 Å². The van der Waals surface area contributed by atoms with Gasteiger partial charge in [-0.3, -0.25) is 4.79 Å². The third-order valence-electron chi connectivity index (χ3n) is 4.26. The summed E-state index contributed by atoms with van der Waals surface area (Å²) in [6, 6.07) is 7.61. The Morgan fingerprint density at radius 3 is 2.52 bits per heavy atom. The molecule has 0 saturated heterocycles. The molecule has 1 aliphatic rings. The smallest absolute Gasteiger partial charge is 0.224 e. The van der Waals surface area contributed by atoms with Crippen LogP contribution in [0.4, 0.5) is 0 Å². The zero-order valence-corrected chi connectivity index (χ0v) is 12.7. The molecule has 4 heteroatoms. The van der Waals surface area contributed by atoms with Gasteiger partial charge in [0.1, 0.15) is 5.75 Å². The van der Waals surface area contributed by atoms with E-state index in [0.29, 0.717) is 19.6 Å². The summed E-state index contributed by atoms with van der Waals surface area (Å²) in [5, 5.41) is 12.5. The molecule has 0 aliphatic heterocycles. The van der Waals surface area contributed by atoms with E-state index in [2.05, 4.69) is 5.32 Å². The molecular weight excluding hydrogens is 266 g/mol. The van der Waals surface area contributed by atoms with E-state index in [4.69, 9.17) is 4.74 Å². The van der Waals surface area contributed by atoms with Crippen LogP contribution in [0.5, 0.6) is 5.75 Å². The number of aliphatic hydroxyl groups is 1.